The quantitative estimate of drug-likeness (QED) is 0.834. The lowest BCUT2D eigenvalue weighted by Crippen LogP contribution is -2.27. The van der Waals surface area contributed by atoms with Crippen LogP contribution in [0.3, 0.4) is 0 Å². The molecule has 6 nitrogen and oxygen atoms in total. The van der Waals surface area contributed by atoms with E-state index in [2.05, 4.69) is 15.7 Å². The molecule has 3 rings (SSSR count). The van der Waals surface area contributed by atoms with E-state index >= 15 is 0 Å². The highest BCUT2D eigenvalue weighted by Gasteiger charge is 2.14. The zero-order valence-corrected chi connectivity index (χ0v) is 15.8. The average Bonchev–Trinajstić information content (AvgIpc) is 2.88. The Morgan fingerprint density at radius 1 is 1.19 bits per heavy atom. The van der Waals surface area contributed by atoms with Crippen molar-refractivity contribution in [2.75, 3.05) is 23.8 Å². The first-order chi connectivity index (χ1) is 12.5. The Hall–Kier alpha value is -2.34. The van der Waals surface area contributed by atoms with Gasteiger partial charge in [-0.1, -0.05) is 0 Å². The summed E-state index contributed by atoms with van der Waals surface area (Å²) in [6.07, 6.45) is 3.23. The highest BCUT2D eigenvalue weighted by molar-refractivity contribution is 5.91. The molecule has 1 aliphatic heterocycles. The zero-order chi connectivity index (χ0) is 18.5. The van der Waals surface area contributed by atoms with Gasteiger partial charge in [-0.15, -0.1) is 0 Å². The molecular weight excluding hydrogens is 328 g/mol. The van der Waals surface area contributed by atoms with Crippen molar-refractivity contribution >= 4 is 17.3 Å². The molecule has 140 valence electrons. The highest BCUT2D eigenvalue weighted by atomic mass is 16.5. The Kier molecular flexibility index (Phi) is 5.93. The van der Waals surface area contributed by atoms with Crippen LogP contribution in [0.2, 0.25) is 0 Å². The van der Waals surface area contributed by atoms with E-state index in [9.17, 15) is 4.79 Å². The summed E-state index contributed by atoms with van der Waals surface area (Å²) in [7, 11) is 1.93. The van der Waals surface area contributed by atoms with Gasteiger partial charge in [0.05, 0.1) is 5.69 Å². The van der Waals surface area contributed by atoms with Gasteiger partial charge in [-0.05, 0) is 62.9 Å². The van der Waals surface area contributed by atoms with Crippen LogP contribution in [0.25, 0.3) is 0 Å². The van der Waals surface area contributed by atoms with E-state index in [1.54, 1.807) is 0 Å². The second kappa shape index (κ2) is 8.36. The molecule has 1 amide bonds. The summed E-state index contributed by atoms with van der Waals surface area (Å²) >= 11 is 0. The third kappa shape index (κ3) is 4.64. The fourth-order valence-electron chi connectivity index (χ4n) is 3.37. The van der Waals surface area contributed by atoms with Crippen LogP contribution in [0.5, 0.6) is 0 Å². The predicted octanol–water partition coefficient (Wildman–Crippen LogP) is 3.20. The fourth-order valence-corrected chi connectivity index (χ4v) is 3.37. The molecule has 2 aromatic rings. The number of hydrogen-bond donors (Lipinski definition) is 2. The summed E-state index contributed by atoms with van der Waals surface area (Å²) in [6.45, 7) is 5.67. The lowest BCUT2D eigenvalue weighted by atomic mass is 10.1. The van der Waals surface area contributed by atoms with Crippen LogP contribution in [0.4, 0.5) is 11.4 Å². The topological polar surface area (TPSA) is 68.2 Å². The number of aromatic nitrogens is 2. The smallest absolute Gasteiger partial charge is 0.224 e. The van der Waals surface area contributed by atoms with Crippen LogP contribution in [-0.4, -0.2) is 34.9 Å². The first kappa shape index (κ1) is 18.5. The minimum absolute atomic E-state index is 0.0257. The lowest BCUT2D eigenvalue weighted by Gasteiger charge is -2.24. The highest BCUT2D eigenvalue weighted by Crippen LogP contribution is 2.19. The van der Waals surface area contributed by atoms with Gasteiger partial charge in [0.1, 0.15) is 0 Å². The van der Waals surface area contributed by atoms with Gasteiger partial charge in [0, 0.05) is 49.8 Å². The molecule has 0 radical (unpaired) electrons. The van der Waals surface area contributed by atoms with Crippen LogP contribution >= 0.6 is 0 Å². The van der Waals surface area contributed by atoms with Crippen molar-refractivity contribution in [3.8, 4) is 0 Å². The number of hydrogen-bond acceptors (Lipinski definition) is 4. The van der Waals surface area contributed by atoms with Gasteiger partial charge in [-0.3, -0.25) is 9.48 Å². The van der Waals surface area contributed by atoms with Gasteiger partial charge >= 0.3 is 0 Å². The van der Waals surface area contributed by atoms with Gasteiger partial charge in [-0.2, -0.15) is 5.10 Å². The number of carbonyl (C=O) groups excluding carboxylic acids is 1. The van der Waals surface area contributed by atoms with Gasteiger partial charge < -0.3 is 15.4 Å². The second-order valence-electron chi connectivity index (χ2n) is 6.93. The number of nitrogens with one attached hydrogen (secondary N) is 2. The number of aryl methyl sites for hydroxylation is 2. The summed E-state index contributed by atoms with van der Waals surface area (Å²) in [5.41, 5.74) is 5.20. The van der Waals surface area contributed by atoms with E-state index in [0.29, 0.717) is 18.9 Å². The molecule has 26 heavy (non-hydrogen) atoms. The van der Waals surface area contributed by atoms with Crippen molar-refractivity contribution in [3.63, 3.8) is 0 Å². The van der Waals surface area contributed by atoms with E-state index < -0.39 is 0 Å². The average molecular weight is 356 g/mol. The van der Waals surface area contributed by atoms with Gasteiger partial charge in [0.2, 0.25) is 5.91 Å². The summed E-state index contributed by atoms with van der Waals surface area (Å²) < 4.78 is 7.25. The lowest BCUT2D eigenvalue weighted by molar-refractivity contribution is -0.116. The van der Waals surface area contributed by atoms with Gasteiger partial charge in [0.25, 0.3) is 0 Å². The fraction of sp³-hybridized carbons (Fsp3) is 0.500. The monoisotopic (exact) mass is 356 g/mol. The molecule has 6 heteroatoms. The Balaban J connectivity index is 1.49. The van der Waals surface area contributed by atoms with E-state index in [1.165, 1.54) is 5.56 Å². The van der Waals surface area contributed by atoms with Crippen LogP contribution < -0.4 is 10.6 Å². The first-order valence-corrected chi connectivity index (χ1v) is 9.26. The third-order valence-corrected chi connectivity index (χ3v) is 5.02. The molecule has 2 heterocycles. The van der Waals surface area contributed by atoms with Crippen molar-refractivity contribution in [1.82, 2.24) is 9.78 Å². The van der Waals surface area contributed by atoms with Crippen LogP contribution in [0, 0.1) is 13.8 Å². The molecule has 0 aliphatic carbocycles. The molecule has 0 atom stereocenters. The number of anilines is 2. The molecule has 0 unspecified atom stereocenters. The number of ether oxygens (including phenoxy) is 1. The molecule has 1 fully saturated rings. The standard InChI is InChI=1S/C20H28N4O2/c1-14-19(15(2)24(3)23-14)8-9-20(25)22-17-6-4-16(5-7-17)21-18-10-12-26-13-11-18/h4-7,18,21H,8-13H2,1-3H3,(H,22,25). The number of rotatable bonds is 6. The zero-order valence-electron chi connectivity index (χ0n) is 15.8. The van der Waals surface area contributed by atoms with E-state index in [1.807, 2.05) is 49.8 Å². The molecule has 1 saturated heterocycles. The molecule has 0 bridgehead atoms. The second-order valence-corrected chi connectivity index (χ2v) is 6.93. The normalized spacial score (nSPS) is 15.0. The van der Waals surface area contributed by atoms with E-state index in [-0.39, 0.29) is 5.91 Å². The summed E-state index contributed by atoms with van der Waals surface area (Å²) in [5, 5.41) is 10.9. The van der Waals surface area contributed by atoms with Crippen molar-refractivity contribution in [1.29, 1.82) is 0 Å². The van der Waals surface area contributed by atoms with Gasteiger partial charge in [0.15, 0.2) is 0 Å². The molecule has 0 saturated carbocycles. The maximum atomic E-state index is 12.2. The van der Waals surface area contributed by atoms with Crippen molar-refractivity contribution in [2.24, 2.45) is 7.05 Å². The summed E-state index contributed by atoms with van der Waals surface area (Å²) in [4.78, 5) is 12.2. The molecule has 2 N–H and O–H groups in total. The van der Waals surface area contributed by atoms with Crippen LogP contribution in [0.15, 0.2) is 24.3 Å². The molecule has 1 aliphatic rings. The predicted molar refractivity (Wildman–Crippen MR) is 104 cm³/mol. The maximum Gasteiger partial charge on any atom is 0.224 e. The SMILES string of the molecule is Cc1nn(C)c(C)c1CCC(=O)Nc1ccc(NC2CCOCC2)cc1. The minimum atomic E-state index is 0.0257. The summed E-state index contributed by atoms with van der Waals surface area (Å²) in [5.74, 6) is 0.0257. The maximum absolute atomic E-state index is 12.2. The minimum Gasteiger partial charge on any atom is -0.382 e. The number of nitrogens with zero attached hydrogens (tertiary/aromatic N) is 2. The van der Waals surface area contributed by atoms with Crippen molar-refractivity contribution in [2.45, 2.75) is 45.6 Å². The first-order valence-electron chi connectivity index (χ1n) is 9.26. The third-order valence-electron chi connectivity index (χ3n) is 5.02. The summed E-state index contributed by atoms with van der Waals surface area (Å²) in [6, 6.07) is 8.39. The molecular formula is C20H28N4O2. The Morgan fingerprint density at radius 2 is 1.85 bits per heavy atom. The van der Waals surface area contributed by atoms with E-state index in [4.69, 9.17) is 4.74 Å². The van der Waals surface area contributed by atoms with Crippen molar-refractivity contribution < 1.29 is 9.53 Å². The Morgan fingerprint density at radius 3 is 2.46 bits per heavy atom. The van der Waals surface area contributed by atoms with Crippen molar-refractivity contribution in [3.05, 3.63) is 41.2 Å². The Labute approximate surface area is 154 Å². The van der Waals surface area contributed by atoms with Gasteiger partial charge in [-0.25, -0.2) is 0 Å². The van der Waals surface area contributed by atoms with Crippen LogP contribution in [-0.2, 0) is 23.0 Å². The largest absolute Gasteiger partial charge is 0.382 e. The number of carbonyl (C=O) groups is 1. The molecule has 0 spiro atoms. The Bertz CT molecular complexity index is 746. The van der Waals surface area contributed by atoms with E-state index in [0.717, 1.165) is 48.8 Å². The number of amides is 1. The molecule has 1 aromatic heterocycles. The number of benzene rings is 1. The van der Waals surface area contributed by atoms with Crippen LogP contribution in [0.1, 0.15) is 36.2 Å². The molecule has 1 aromatic carbocycles.